The molecule has 3 nitrogen and oxygen atoms in total. The Balaban J connectivity index is 3.10. The van der Waals surface area contributed by atoms with Crippen LogP contribution in [-0.4, -0.2) is 16.1 Å². The smallest absolute Gasteiger partial charge is 0.298 e. The number of aromatic nitrogens is 2. The number of nitrogens with zero attached hydrogens (tertiary/aromatic N) is 2. The molecule has 0 N–H and O–H groups in total. The number of carbonyl (C=O) groups excluding carboxylic acids is 1. The van der Waals surface area contributed by atoms with Crippen LogP contribution >= 0.6 is 0 Å². The van der Waals surface area contributed by atoms with Crippen LogP contribution in [0.4, 0.5) is 8.78 Å². The molecule has 11 heavy (non-hydrogen) atoms. The topological polar surface area (TPSA) is 34.9 Å². The third kappa shape index (κ3) is 1.26. The molecule has 0 radical (unpaired) electrons. The van der Waals surface area contributed by atoms with Crippen molar-refractivity contribution in [1.82, 2.24) is 9.78 Å². The lowest BCUT2D eigenvalue weighted by molar-refractivity contribution is 0.0543. The Morgan fingerprint density at radius 3 is 2.64 bits per heavy atom. The van der Waals surface area contributed by atoms with Gasteiger partial charge in [0.1, 0.15) is 0 Å². The molecule has 0 saturated carbocycles. The molecule has 1 aromatic rings. The Hall–Kier alpha value is -1.26. The quantitative estimate of drug-likeness (QED) is 0.613. The fourth-order valence-electron chi connectivity index (χ4n) is 0.749. The average molecular weight is 160 g/mol. The van der Waals surface area contributed by atoms with Crippen LogP contribution in [0.15, 0.2) is 6.20 Å². The highest BCUT2D eigenvalue weighted by atomic mass is 19.3. The van der Waals surface area contributed by atoms with E-state index in [9.17, 15) is 13.6 Å². The van der Waals surface area contributed by atoms with Crippen LogP contribution in [0, 0.1) is 6.92 Å². The van der Waals surface area contributed by atoms with E-state index in [1.54, 1.807) is 0 Å². The molecule has 0 amide bonds. The van der Waals surface area contributed by atoms with Crippen molar-refractivity contribution in [2.45, 2.75) is 13.5 Å². The number of halogens is 2. The van der Waals surface area contributed by atoms with Gasteiger partial charge in [0, 0.05) is 0 Å². The maximum atomic E-state index is 12.0. The van der Waals surface area contributed by atoms with Gasteiger partial charge < -0.3 is 0 Å². The van der Waals surface area contributed by atoms with Gasteiger partial charge in [0.25, 0.3) is 0 Å². The normalized spacial score (nSPS) is 10.5. The van der Waals surface area contributed by atoms with E-state index in [0.29, 0.717) is 11.0 Å². The monoisotopic (exact) mass is 160 g/mol. The minimum atomic E-state index is -2.68. The first-order valence-electron chi connectivity index (χ1n) is 2.94. The summed E-state index contributed by atoms with van der Waals surface area (Å²) in [6.07, 6.45) is 1.62. The minimum Gasteiger partial charge on any atom is -0.298 e. The van der Waals surface area contributed by atoms with Gasteiger partial charge in [-0.25, -0.2) is 4.68 Å². The van der Waals surface area contributed by atoms with Crippen LogP contribution in [-0.2, 0) is 0 Å². The van der Waals surface area contributed by atoms with Gasteiger partial charge in [-0.3, -0.25) is 4.79 Å². The molecule has 0 unspecified atom stereocenters. The molecule has 0 fully saturated rings. The van der Waals surface area contributed by atoms with E-state index in [1.165, 1.54) is 6.92 Å². The van der Waals surface area contributed by atoms with Crippen LogP contribution in [0.25, 0.3) is 0 Å². The Bertz CT molecular complexity index is 270. The maximum Gasteiger partial charge on any atom is 0.333 e. The number of hydrogen-bond acceptors (Lipinski definition) is 2. The Kier molecular flexibility index (Phi) is 1.98. The molecule has 60 valence electrons. The van der Waals surface area contributed by atoms with Gasteiger partial charge in [0.2, 0.25) is 0 Å². The lowest BCUT2D eigenvalue weighted by Crippen LogP contribution is -2.02. The predicted octanol–water partition coefficient (Wildman–Crippen LogP) is 1.40. The molecule has 1 aromatic heterocycles. The molecule has 0 spiro atoms. The van der Waals surface area contributed by atoms with E-state index in [4.69, 9.17) is 0 Å². The summed E-state index contributed by atoms with van der Waals surface area (Å²) in [7, 11) is 0. The second kappa shape index (κ2) is 2.77. The zero-order valence-electron chi connectivity index (χ0n) is 5.79. The molecule has 0 aromatic carbocycles. The number of alkyl halides is 2. The molecule has 0 aliphatic carbocycles. The molecule has 1 rings (SSSR count). The van der Waals surface area contributed by atoms with E-state index >= 15 is 0 Å². The fraction of sp³-hybridized carbons (Fsp3) is 0.333. The molecule has 1 heterocycles. The van der Waals surface area contributed by atoms with Gasteiger partial charge in [-0.1, -0.05) is 0 Å². The van der Waals surface area contributed by atoms with Crippen LogP contribution in [0.1, 0.15) is 22.6 Å². The summed E-state index contributed by atoms with van der Waals surface area (Å²) in [5.41, 5.74) is 0.389. The van der Waals surface area contributed by atoms with Crippen molar-refractivity contribution in [1.29, 1.82) is 0 Å². The third-order valence-electron chi connectivity index (χ3n) is 1.39. The van der Waals surface area contributed by atoms with E-state index in [-0.39, 0.29) is 11.3 Å². The van der Waals surface area contributed by atoms with E-state index in [2.05, 4.69) is 5.10 Å². The van der Waals surface area contributed by atoms with Gasteiger partial charge in [0.15, 0.2) is 6.29 Å². The first kappa shape index (κ1) is 7.84. The molecule has 0 saturated heterocycles. The van der Waals surface area contributed by atoms with Crippen molar-refractivity contribution in [3.63, 3.8) is 0 Å². The number of carbonyl (C=O) groups is 1. The molecule has 5 heteroatoms. The lowest BCUT2D eigenvalue weighted by Gasteiger charge is -2.00. The van der Waals surface area contributed by atoms with Crippen molar-refractivity contribution < 1.29 is 13.6 Å². The van der Waals surface area contributed by atoms with Crippen LogP contribution in [0.5, 0.6) is 0 Å². The summed E-state index contributed by atoms with van der Waals surface area (Å²) in [4.78, 5) is 10.2. The van der Waals surface area contributed by atoms with Crippen molar-refractivity contribution in [3.05, 3.63) is 17.5 Å². The predicted molar refractivity (Wildman–Crippen MR) is 33.6 cm³/mol. The minimum absolute atomic E-state index is 0.190. The van der Waals surface area contributed by atoms with Crippen LogP contribution in [0.2, 0.25) is 0 Å². The Morgan fingerprint density at radius 2 is 2.36 bits per heavy atom. The first-order chi connectivity index (χ1) is 5.16. The SMILES string of the molecule is Cc1c(C=O)cnn1C(F)F. The average Bonchev–Trinajstić information content (AvgIpc) is 2.30. The van der Waals surface area contributed by atoms with E-state index in [1.807, 2.05) is 0 Å². The van der Waals surface area contributed by atoms with Crippen molar-refractivity contribution >= 4 is 6.29 Å². The highest BCUT2D eigenvalue weighted by Crippen LogP contribution is 2.13. The second-order valence-electron chi connectivity index (χ2n) is 2.03. The zero-order valence-corrected chi connectivity index (χ0v) is 5.79. The van der Waals surface area contributed by atoms with Gasteiger partial charge in [-0.05, 0) is 6.92 Å². The van der Waals surface area contributed by atoms with E-state index < -0.39 is 6.55 Å². The van der Waals surface area contributed by atoms with Crippen LogP contribution in [0.3, 0.4) is 0 Å². The van der Waals surface area contributed by atoms with Gasteiger partial charge in [-0.2, -0.15) is 13.9 Å². The van der Waals surface area contributed by atoms with Crippen molar-refractivity contribution in [2.75, 3.05) is 0 Å². The van der Waals surface area contributed by atoms with Crippen molar-refractivity contribution in [3.8, 4) is 0 Å². The summed E-state index contributed by atoms with van der Waals surface area (Å²) in [6.45, 7) is -1.26. The van der Waals surface area contributed by atoms with Crippen LogP contribution < -0.4 is 0 Å². The molecule has 0 atom stereocenters. The van der Waals surface area contributed by atoms with Gasteiger partial charge >= 0.3 is 6.55 Å². The van der Waals surface area contributed by atoms with Gasteiger partial charge in [0.05, 0.1) is 17.5 Å². The summed E-state index contributed by atoms with van der Waals surface area (Å²) < 4.78 is 24.4. The molecular formula is C6H6F2N2O. The summed E-state index contributed by atoms with van der Waals surface area (Å²) in [6, 6.07) is 0. The maximum absolute atomic E-state index is 12.0. The molecule has 0 aliphatic heterocycles. The Labute approximate surface area is 61.6 Å². The van der Waals surface area contributed by atoms with Gasteiger partial charge in [-0.15, -0.1) is 0 Å². The highest BCUT2D eigenvalue weighted by molar-refractivity contribution is 5.75. The first-order valence-corrected chi connectivity index (χ1v) is 2.94. The lowest BCUT2D eigenvalue weighted by atomic mass is 10.3. The number of rotatable bonds is 2. The third-order valence-corrected chi connectivity index (χ3v) is 1.39. The largest absolute Gasteiger partial charge is 0.333 e. The second-order valence-corrected chi connectivity index (χ2v) is 2.03. The highest BCUT2D eigenvalue weighted by Gasteiger charge is 2.12. The summed E-state index contributed by atoms with van der Waals surface area (Å²) in [5.74, 6) is 0. The Morgan fingerprint density at radius 1 is 1.73 bits per heavy atom. The molecular weight excluding hydrogens is 154 g/mol. The molecule has 0 aliphatic rings. The zero-order chi connectivity index (χ0) is 8.43. The summed E-state index contributed by atoms with van der Waals surface area (Å²) >= 11 is 0. The van der Waals surface area contributed by atoms with E-state index in [0.717, 1.165) is 6.20 Å². The van der Waals surface area contributed by atoms with Crippen molar-refractivity contribution in [2.24, 2.45) is 0 Å². The summed E-state index contributed by atoms with van der Waals surface area (Å²) in [5, 5.41) is 3.32. The number of hydrogen-bond donors (Lipinski definition) is 0. The number of aldehydes is 1. The standard InChI is InChI=1S/C6H6F2N2O/c1-4-5(3-11)2-9-10(4)6(7)8/h2-3,6H,1H3. The fourth-order valence-corrected chi connectivity index (χ4v) is 0.749. The molecule has 0 bridgehead atoms.